The van der Waals surface area contributed by atoms with Crippen molar-refractivity contribution in [3.05, 3.63) is 57.5 Å². The molecule has 5 unspecified atom stereocenters. The van der Waals surface area contributed by atoms with Crippen LogP contribution in [0.2, 0.25) is 0 Å². The molecular weight excluding hydrogens is 464 g/mol. The van der Waals surface area contributed by atoms with Gasteiger partial charge >= 0.3 is 0 Å². The second kappa shape index (κ2) is 8.16. The number of likely N-dealkylation sites (tertiary alicyclic amines) is 2. The third-order valence-electron chi connectivity index (χ3n) is 11.2. The highest BCUT2D eigenvalue weighted by Crippen LogP contribution is 2.73. The van der Waals surface area contributed by atoms with Crippen molar-refractivity contribution in [2.24, 2.45) is 23.2 Å². The van der Waals surface area contributed by atoms with Gasteiger partial charge in [-0.15, -0.1) is 0 Å². The minimum Gasteiger partial charge on any atom is -0.508 e. The van der Waals surface area contributed by atoms with Crippen LogP contribution in [0.25, 0.3) is 0 Å². The van der Waals surface area contributed by atoms with Gasteiger partial charge in [0.15, 0.2) is 0 Å². The quantitative estimate of drug-likeness (QED) is 0.651. The summed E-state index contributed by atoms with van der Waals surface area (Å²) in [4.78, 5) is 30.1. The fraction of sp³-hybridized carbons (Fsp3) is 0.633. The summed E-state index contributed by atoms with van der Waals surface area (Å²) in [6, 6.07) is 9.66. The van der Waals surface area contributed by atoms with Gasteiger partial charge in [0.2, 0.25) is 0 Å². The number of aromatic amines is 1. The molecule has 2 saturated heterocycles. The highest BCUT2D eigenvalue weighted by Gasteiger charge is 2.74. The van der Waals surface area contributed by atoms with Gasteiger partial charge in [-0.1, -0.05) is 13.0 Å². The van der Waals surface area contributed by atoms with E-state index in [9.17, 15) is 14.7 Å². The van der Waals surface area contributed by atoms with Gasteiger partial charge < -0.3 is 10.0 Å². The monoisotopic (exact) mass is 502 g/mol. The lowest BCUT2D eigenvalue weighted by atomic mass is 9.46. The molecule has 0 radical (unpaired) electrons. The number of nitrogens with one attached hydrogen (secondary N) is 1. The highest BCUT2D eigenvalue weighted by molar-refractivity contribution is 5.92. The first kappa shape index (κ1) is 23.4. The molecule has 3 heterocycles. The van der Waals surface area contributed by atoms with E-state index in [4.69, 9.17) is 0 Å². The number of piperidine rings is 1. The first-order valence-corrected chi connectivity index (χ1v) is 14.3. The molecule has 5 aliphatic rings. The standard InChI is InChI=1S/C30H38N4O3/c1-3-20-6-7-22(35)14-23(20)30-12-13-33(16-19-4-5-19)18(2)29(30)11-10-25-27(30)21(15-29)17-34(25)28(37)24-8-9-26(36)32-31-24/h6-9,14,18-19,21,25,27,35H,3-5,10-13,15-17H2,1-2H3,(H,32,36)/t18?,21-,25?,27?,29?,30?/m1/s1. The van der Waals surface area contributed by atoms with Crippen LogP contribution in [0.5, 0.6) is 5.75 Å². The number of hydrogen-bond donors (Lipinski definition) is 2. The number of aryl methyl sites for hydroxylation is 1. The number of carbonyl (C=O) groups is 1. The van der Waals surface area contributed by atoms with Crippen molar-refractivity contribution < 1.29 is 9.90 Å². The summed E-state index contributed by atoms with van der Waals surface area (Å²) in [5, 5.41) is 17.3. The number of phenols is 1. The van der Waals surface area contributed by atoms with Gasteiger partial charge in [-0.3, -0.25) is 14.5 Å². The number of aromatic hydroxyl groups is 1. The Morgan fingerprint density at radius 1 is 1.19 bits per heavy atom. The summed E-state index contributed by atoms with van der Waals surface area (Å²) in [5.74, 6) is 1.98. The molecule has 3 aliphatic carbocycles. The Kier molecular flexibility index (Phi) is 5.17. The van der Waals surface area contributed by atoms with E-state index in [1.165, 1.54) is 36.6 Å². The van der Waals surface area contributed by atoms with Gasteiger partial charge in [-0.25, -0.2) is 5.10 Å². The lowest BCUT2D eigenvalue weighted by Gasteiger charge is -2.63. The van der Waals surface area contributed by atoms with Crippen LogP contribution in [0, 0.1) is 23.2 Å². The zero-order valence-electron chi connectivity index (χ0n) is 21.9. The van der Waals surface area contributed by atoms with Crippen LogP contribution in [0.3, 0.4) is 0 Å². The van der Waals surface area contributed by atoms with E-state index in [1.807, 2.05) is 6.07 Å². The van der Waals surface area contributed by atoms with Gasteiger partial charge in [0, 0.05) is 36.7 Å². The lowest BCUT2D eigenvalue weighted by molar-refractivity contribution is -0.0870. The Bertz CT molecular complexity index is 1280. The molecule has 7 nitrogen and oxygen atoms in total. The van der Waals surface area contributed by atoms with Crippen molar-refractivity contribution in [3.63, 3.8) is 0 Å². The van der Waals surface area contributed by atoms with E-state index in [0.717, 1.165) is 51.1 Å². The van der Waals surface area contributed by atoms with Crippen molar-refractivity contribution >= 4 is 5.91 Å². The number of aromatic nitrogens is 2. The molecule has 1 aromatic carbocycles. The zero-order valence-corrected chi connectivity index (χ0v) is 21.9. The topological polar surface area (TPSA) is 89.5 Å². The molecule has 0 spiro atoms. The van der Waals surface area contributed by atoms with E-state index in [2.05, 4.69) is 46.0 Å². The maximum atomic E-state index is 13.7. The minimum absolute atomic E-state index is 0.0441. The average molecular weight is 503 g/mol. The van der Waals surface area contributed by atoms with Gasteiger partial charge in [-0.05, 0) is 111 Å². The predicted octanol–water partition coefficient (Wildman–Crippen LogP) is 3.72. The van der Waals surface area contributed by atoms with Crippen LogP contribution in [0.1, 0.15) is 74.0 Å². The molecule has 2 aliphatic heterocycles. The smallest absolute Gasteiger partial charge is 0.274 e. The molecule has 6 atom stereocenters. The molecule has 7 heteroatoms. The van der Waals surface area contributed by atoms with E-state index in [1.54, 1.807) is 6.07 Å². The third kappa shape index (κ3) is 3.19. The van der Waals surface area contributed by atoms with Gasteiger partial charge in [0.05, 0.1) is 0 Å². The van der Waals surface area contributed by atoms with E-state index >= 15 is 0 Å². The number of amides is 1. The molecule has 5 fully saturated rings. The van der Waals surface area contributed by atoms with E-state index in [-0.39, 0.29) is 28.3 Å². The zero-order chi connectivity index (χ0) is 25.5. The number of benzene rings is 1. The summed E-state index contributed by atoms with van der Waals surface area (Å²) < 4.78 is 0. The largest absolute Gasteiger partial charge is 0.508 e. The van der Waals surface area contributed by atoms with Crippen molar-refractivity contribution in [1.82, 2.24) is 20.0 Å². The van der Waals surface area contributed by atoms with E-state index in [0.29, 0.717) is 29.3 Å². The molecule has 7 rings (SSSR count). The average Bonchev–Trinajstić information content (AvgIpc) is 3.60. The Balaban J connectivity index is 1.34. The SMILES string of the molecule is CCc1ccc(O)cc1C12CCN(CC3CC3)C(C)C13CCC1C2[C@@H](CN1C(=O)c1ccc(=O)[nH]n1)C3. The molecule has 1 aromatic heterocycles. The Labute approximate surface area is 218 Å². The summed E-state index contributed by atoms with van der Waals surface area (Å²) in [6.07, 6.45) is 8.04. The molecule has 2 bridgehead atoms. The fourth-order valence-electron chi connectivity index (χ4n) is 9.61. The Morgan fingerprint density at radius 2 is 2.03 bits per heavy atom. The number of nitrogens with zero attached hydrogens (tertiary/aromatic N) is 3. The van der Waals surface area contributed by atoms with Crippen molar-refractivity contribution in [3.8, 4) is 5.75 Å². The van der Waals surface area contributed by atoms with Crippen LogP contribution in [-0.4, -0.2) is 62.7 Å². The summed E-state index contributed by atoms with van der Waals surface area (Å²) >= 11 is 0. The van der Waals surface area contributed by atoms with Crippen LogP contribution in [0.15, 0.2) is 35.1 Å². The molecule has 1 amide bonds. The Hall–Kier alpha value is -2.67. The Morgan fingerprint density at radius 3 is 2.76 bits per heavy atom. The number of hydrogen-bond acceptors (Lipinski definition) is 5. The lowest BCUT2D eigenvalue weighted by Crippen LogP contribution is -2.66. The first-order valence-electron chi connectivity index (χ1n) is 14.3. The molecule has 196 valence electrons. The van der Waals surface area contributed by atoms with Gasteiger partial charge in [-0.2, -0.15) is 5.10 Å². The number of phenolic OH excluding ortho intramolecular Hbond substituents is 1. The normalized spacial score (nSPS) is 36.5. The van der Waals surface area contributed by atoms with Gasteiger partial charge in [0.1, 0.15) is 11.4 Å². The second-order valence-electron chi connectivity index (χ2n) is 12.5. The van der Waals surface area contributed by atoms with E-state index < -0.39 is 0 Å². The molecular formula is C30H38N4O3. The summed E-state index contributed by atoms with van der Waals surface area (Å²) in [5.41, 5.74) is 2.84. The van der Waals surface area contributed by atoms with Gasteiger partial charge in [0.25, 0.3) is 11.5 Å². The third-order valence-corrected chi connectivity index (χ3v) is 11.2. The molecule has 37 heavy (non-hydrogen) atoms. The van der Waals surface area contributed by atoms with Crippen molar-refractivity contribution in [2.45, 2.75) is 76.3 Å². The van der Waals surface area contributed by atoms with Crippen molar-refractivity contribution in [2.75, 3.05) is 19.6 Å². The molecule has 2 N–H and O–H groups in total. The first-order chi connectivity index (χ1) is 17.9. The summed E-state index contributed by atoms with van der Waals surface area (Å²) in [7, 11) is 0. The maximum Gasteiger partial charge on any atom is 0.274 e. The number of rotatable bonds is 5. The highest BCUT2D eigenvalue weighted by atomic mass is 16.3. The predicted molar refractivity (Wildman–Crippen MR) is 140 cm³/mol. The van der Waals surface area contributed by atoms with Crippen LogP contribution >= 0.6 is 0 Å². The maximum absolute atomic E-state index is 13.7. The van der Waals surface area contributed by atoms with Crippen LogP contribution < -0.4 is 5.56 Å². The van der Waals surface area contributed by atoms with Crippen molar-refractivity contribution in [1.29, 1.82) is 0 Å². The fourth-order valence-corrected chi connectivity index (χ4v) is 9.61. The summed E-state index contributed by atoms with van der Waals surface area (Å²) in [6.45, 7) is 7.78. The van der Waals surface area contributed by atoms with Crippen LogP contribution in [0.4, 0.5) is 0 Å². The molecule has 2 aromatic rings. The minimum atomic E-state index is -0.292. The number of H-pyrrole nitrogens is 1. The number of carbonyl (C=O) groups excluding carboxylic acids is 1. The molecule has 3 saturated carbocycles. The second-order valence-corrected chi connectivity index (χ2v) is 12.5. The van der Waals surface area contributed by atoms with Crippen LogP contribution in [-0.2, 0) is 11.8 Å².